The van der Waals surface area contributed by atoms with Crippen LogP contribution in [0.1, 0.15) is 22.3 Å². The van der Waals surface area contributed by atoms with Gasteiger partial charge >= 0.3 is 0 Å². The van der Waals surface area contributed by atoms with E-state index in [1.54, 1.807) is 6.08 Å². The molecule has 3 rings (SSSR count). The number of aromatic nitrogens is 2. The van der Waals surface area contributed by atoms with Crippen molar-refractivity contribution in [2.45, 2.75) is 20.3 Å². The molecular weight excluding hydrogens is 312 g/mol. The van der Waals surface area contributed by atoms with Crippen molar-refractivity contribution in [2.75, 3.05) is 11.9 Å². The molecule has 2 aromatic rings. The topological polar surface area (TPSA) is 70.8 Å². The van der Waals surface area contributed by atoms with Crippen molar-refractivity contribution in [2.24, 2.45) is 0 Å². The van der Waals surface area contributed by atoms with E-state index < -0.39 is 0 Å². The number of aryl methyl sites for hydroxylation is 2. The first kappa shape index (κ1) is 15.3. The third-order valence-electron chi connectivity index (χ3n) is 3.64. The van der Waals surface area contributed by atoms with Crippen LogP contribution < -0.4 is 10.1 Å². The van der Waals surface area contributed by atoms with Crippen LogP contribution in [0.25, 0.3) is 6.08 Å². The summed E-state index contributed by atoms with van der Waals surface area (Å²) in [4.78, 5) is 8.40. The summed E-state index contributed by atoms with van der Waals surface area (Å²) in [5, 5.41) is 12.0. The maximum atomic E-state index is 8.64. The zero-order chi connectivity index (χ0) is 16.4. The summed E-state index contributed by atoms with van der Waals surface area (Å²) in [6.07, 6.45) is 4.04. The van der Waals surface area contributed by atoms with Crippen LogP contribution >= 0.6 is 11.6 Å². The van der Waals surface area contributed by atoms with E-state index in [9.17, 15) is 0 Å². The number of hydrogen-bond acceptors (Lipinski definition) is 5. The molecule has 1 N–H and O–H groups in total. The molecule has 0 unspecified atom stereocenters. The van der Waals surface area contributed by atoms with Crippen LogP contribution in [0.15, 0.2) is 18.2 Å². The molecule has 6 heteroatoms. The fraction of sp³-hybridized carbons (Fsp3) is 0.235. The summed E-state index contributed by atoms with van der Waals surface area (Å²) in [6, 6.07) is 5.93. The molecule has 1 aromatic heterocycles. The van der Waals surface area contributed by atoms with Gasteiger partial charge in [-0.15, -0.1) is 0 Å². The predicted octanol–water partition coefficient (Wildman–Crippen LogP) is 4.04. The van der Waals surface area contributed by atoms with Crippen molar-refractivity contribution in [3.63, 3.8) is 0 Å². The first-order valence-corrected chi connectivity index (χ1v) is 7.62. The average Bonchev–Trinajstić information content (AvgIpc) is 2.96. The highest BCUT2D eigenvalue weighted by atomic mass is 35.5. The van der Waals surface area contributed by atoms with E-state index in [4.69, 9.17) is 21.6 Å². The van der Waals surface area contributed by atoms with Crippen molar-refractivity contribution < 1.29 is 4.74 Å². The summed E-state index contributed by atoms with van der Waals surface area (Å²) in [5.41, 5.74) is 3.84. The minimum atomic E-state index is 0.164. The van der Waals surface area contributed by atoms with Crippen molar-refractivity contribution in [3.05, 3.63) is 45.7 Å². The van der Waals surface area contributed by atoms with E-state index in [2.05, 4.69) is 15.3 Å². The minimum absolute atomic E-state index is 0.164. The number of nitrogens with one attached hydrogen (secondary N) is 1. The fourth-order valence-electron chi connectivity index (χ4n) is 2.67. The van der Waals surface area contributed by atoms with Crippen LogP contribution in [0.5, 0.6) is 11.6 Å². The first-order valence-electron chi connectivity index (χ1n) is 7.24. The fourth-order valence-corrected chi connectivity index (χ4v) is 2.83. The van der Waals surface area contributed by atoms with Gasteiger partial charge in [-0.2, -0.15) is 10.2 Å². The molecule has 1 aliphatic rings. The number of nitriles is 1. The van der Waals surface area contributed by atoms with Crippen LogP contribution in [0.2, 0.25) is 5.28 Å². The van der Waals surface area contributed by atoms with Gasteiger partial charge in [-0.1, -0.05) is 0 Å². The maximum Gasteiger partial charge on any atom is 0.229 e. The highest BCUT2D eigenvalue weighted by molar-refractivity contribution is 6.28. The lowest BCUT2D eigenvalue weighted by molar-refractivity contribution is 0.450. The van der Waals surface area contributed by atoms with Gasteiger partial charge in [0.2, 0.25) is 11.2 Å². The molecule has 2 heterocycles. The Morgan fingerprint density at radius 1 is 1.30 bits per heavy atom. The van der Waals surface area contributed by atoms with Gasteiger partial charge in [-0.05, 0) is 66.8 Å². The second-order valence-corrected chi connectivity index (χ2v) is 5.69. The summed E-state index contributed by atoms with van der Waals surface area (Å²) in [6.45, 7) is 4.73. The zero-order valence-electron chi connectivity index (χ0n) is 12.9. The molecule has 5 nitrogen and oxygen atoms in total. The molecule has 0 radical (unpaired) electrons. The molecule has 1 aliphatic heterocycles. The van der Waals surface area contributed by atoms with Gasteiger partial charge in [0.1, 0.15) is 11.6 Å². The smallest absolute Gasteiger partial charge is 0.229 e. The Balaban J connectivity index is 1.99. The second kappa shape index (κ2) is 6.27. The molecule has 116 valence electrons. The monoisotopic (exact) mass is 326 g/mol. The SMILES string of the molecule is Cc1cc(/C=C/C#N)cc(C)c1Oc1nc(Cl)nc2c1CCN2. The number of allylic oxidation sites excluding steroid dienone is 1. The van der Waals surface area contributed by atoms with E-state index in [-0.39, 0.29) is 5.28 Å². The molecule has 0 amide bonds. The summed E-state index contributed by atoms with van der Waals surface area (Å²) in [5.74, 6) is 1.99. The quantitative estimate of drug-likeness (QED) is 0.680. The molecule has 0 saturated heterocycles. The Labute approximate surface area is 139 Å². The van der Waals surface area contributed by atoms with Crippen LogP contribution in [0.4, 0.5) is 5.82 Å². The number of rotatable bonds is 3. The van der Waals surface area contributed by atoms with Crippen LogP contribution in [-0.4, -0.2) is 16.5 Å². The highest BCUT2D eigenvalue weighted by Crippen LogP contribution is 2.35. The van der Waals surface area contributed by atoms with Crippen molar-refractivity contribution in [3.8, 4) is 17.7 Å². The standard InChI is InChI=1S/C17H15ClN4O/c1-10-8-12(4-3-6-19)9-11(2)14(10)23-16-13-5-7-20-15(13)21-17(18)22-16/h3-4,8-9H,5,7H2,1-2H3,(H,20,21,22)/b4-3+. The third-order valence-corrected chi connectivity index (χ3v) is 3.81. The predicted molar refractivity (Wildman–Crippen MR) is 89.9 cm³/mol. The van der Waals surface area contributed by atoms with Crippen molar-refractivity contribution >= 4 is 23.5 Å². The Morgan fingerprint density at radius 3 is 2.74 bits per heavy atom. The van der Waals surface area contributed by atoms with Gasteiger partial charge in [0.15, 0.2) is 0 Å². The Morgan fingerprint density at radius 2 is 2.04 bits per heavy atom. The minimum Gasteiger partial charge on any atom is -0.438 e. The molecule has 0 aliphatic carbocycles. The van der Waals surface area contributed by atoms with E-state index in [1.165, 1.54) is 6.08 Å². The van der Waals surface area contributed by atoms with Crippen LogP contribution in [0, 0.1) is 25.2 Å². The van der Waals surface area contributed by atoms with Gasteiger partial charge < -0.3 is 10.1 Å². The maximum absolute atomic E-state index is 8.64. The normalized spacial score (nSPS) is 12.8. The molecule has 1 aromatic carbocycles. The average molecular weight is 327 g/mol. The van der Waals surface area contributed by atoms with Crippen LogP contribution in [-0.2, 0) is 6.42 Å². The number of benzene rings is 1. The Bertz CT molecular complexity index is 816. The zero-order valence-corrected chi connectivity index (χ0v) is 13.6. The van der Waals surface area contributed by atoms with Crippen LogP contribution in [0.3, 0.4) is 0 Å². The Kier molecular flexibility index (Phi) is 4.18. The van der Waals surface area contributed by atoms with Crippen molar-refractivity contribution in [1.82, 2.24) is 9.97 Å². The number of fused-ring (bicyclic) bond motifs is 1. The molecular formula is C17H15ClN4O. The first-order chi connectivity index (χ1) is 11.1. The number of anilines is 1. The van der Waals surface area contributed by atoms with Gasteiger partial charge in [0.25, 0.3) is 0 Å². The van der Waals surface area contributed by atoms with Crippen molar-refractivity contribution in [1.29, 1.82) is 5.26 Å². The number of hydrogen-bond donors (Lipinski definition) is 1. The largest absolute Gasteiger partial charge is 0.438 e. The summed E-state index contributed by atoms with van der Waals surface area (Å²) in [7, 11) is 0. The highest BCUT2D eigenvalue weighted by Gasteiger charge is 2.21. The van der Waals surface area contributed by atoms with Gasteiger partial charge in [0.05, 0.1) is 11.6 Å². The molecule has 23 heavy (non-hydrogen) atoms. The number of ether oxygens (including phenoxy) is 1. The number of nitrogens with zero attached hydrogens (tertiary/aromatic N) is 3. The summed E-state index contributed by atoms with van der Waals surface area (Å²) < 4.78 is 6.06. The van der Waals surface area contributed by atoms with Gasteiger partial charge in [0, 0.05) is 12.6 Å². The molecule has 0 atom stereocenters. The third kappa shape index (κ3) is 3.13. The lowest BCUT2D eigenvalue weighted by Crippen LogP contribution is -1.99. The Hall–Kier alpha value is -2.58. The van der Waals surface area contributed by atoms with E-state index >= 15 is 0 Å². The number of halogens is 1. The van der Waals surface area contributed by atoms with Gasteiger partial charge in [-0.25, -0.2) is 4.98 Å². The molecule has 0 fully saturated rings. The second-order valence-electron chi connectivity index (χ2n) is 5.35. The lowest BCUT2D eigenvalue weighted by Gasteiger charge is -2.14. The van der Waals surface area contributed by atoms with E-state index in [1.807, 2.05) is 32.0 Å². The van der Waals surface area contributed by atoms with E-state index in [0.717, 1.165) is 46.8 Å². The van der Waals surface area contributed by atoms with Gasteiger partial charge in [-0.3, -0.25) is 0 Å². The summed E-state index contributed by atoms with van der Waals surface area (Å²) >= 11 is 5.97. The lowest BCUT2D eigenvalue weighted by atomic mass is 10.1. The molecule has 0 saturated carbocycles. The molecule has 0 bridgehead atoms. The molecule has 0 spiro atoms. The van der Waals surface area contributed by atoms with E-state index in [0.29, 0.717) is 5.88 Å².